The molecule has 8 heteroatoms. The summed E-state index contributed by atoms with van der Waals surface area (Å²) in [6, 6.07) is 10.0. The van der Waals surface area contributed by atoms with Gasteiger partial charge in [-0.05, 0) is 19.4 Å². The molecule has 0 saturated heterocycles. The number of carbonyl (C=O) groups excluding carboxylic acids is 1. The van der Waals surface area contributed by atoms with Gasteiger partial charge in [0.15, 0.2) is 0 Å². The third kappa shape index (κ3) is 5.44. The van der Waals surface area contributed by atoms with E-state index in [4.69, 9.17) is 19.1 Å². The van der Waals surface area contributed by atoms with Crippen LogP contribution in [-0.2, 0) is 9.30 Å². The second-order valence-electron chi connectivity index (χ2n) is 4.28. The Labute approximate surface area is 129 Å². The Hall–Kier alpha value is -1.95. The van der Waals surface area contributed by atoms with Crippen LogP contribution in [-0.4, -0.2) is 31.9 Å². The van der Waals surface area contributed by atoms with Crippen LogP contribution in [0.2, 0.25) is 0 Å². The average molecular weight is 326 g/mol. The Bertz CT molecular complexity index is 611. The summed E-state index contributed by atoms with van der Waals surface area (Å²) in [4.78, 5) is 30.1. The Morgan fingerprint density at radius 2 is 1.95 bits per heavy atom. The maximum Gasteiger partial charge on any atom is 0.356 e. The molecule has 1 aromatic carbocycles. The van der Waals surface area contributed by atoms with Crippen LogP contribution in [0.1, 0.15) is 35.9 Å². The maximum absolute atomic E-state index is 11.8. The molecule has 0 aliphatic carbocycles. The van der Waals surface area contributed by atoms with Crippen molar-refractivity contribution in [3.05, 3.63) is 54.1 Å². The zero-order valence-corrected chi connectivity index (χ0v) is 13.3. The molecule has 1 heterocycles. The minimum absolute atomic E-state index is 0.0492. The molecule has 1 aromatic heterocycles. The van der Waals surface area contributed by atoms with Gasteiger partial charge >= 0.3 is 14.2 Å². The first kappa shape index (κ1) is 18.1. The average Bonchev–Trinajstić information content (AvgIpc) is 2.96. The topological polar surface area (TPSA) is 102 Å². The normalized spacial score (nSPS) is 11.5. The molecule has 0 radical (unpaired) electrons. The zero-order chi connectivity index (χ0) is 16.5. The Morgan fingerprint density at radius 1 is 1.36 bits per heavy atom. The molecular formula is C14H19N2O5P. The fourth-order valence-corrected chi connectivity index (χ4v) is 1.87. The van der Waals surface area contributed by atoms with E-state index in [1.54, 1.807) is 13.3 Å². The molecule has 1 atom stereocenters. The van der Waals surface area contributed by atoms with Crippen molar-refractivity contribution in [2.45, 2.75) is 19.9 Å². The lowest BCUT2D eigenvalue weighted by Gasteiger charge is -2.16. The van der Waals surface area contributed by atoms with Crippen molar-refractivity contribution >= 4 is 14.2 Å². The number of hydrogen-bond acceptors (Lipinski definition) is 4. The molecule has 2 rings (SSSR count). The molecule has 0 saturated carbocycles. The van der Waals surface area contributed by atoms with Crippen LogP contribution in [0.4, 0.5) is 0 Å². The van der Waals surface area contributed by atoms with Gasteiger partial charge in [0.05, 0.1) is 25.2 Å². The van der Waals surface area contributed by atoms with Gasteiger partial charge in [-0.25, -0.2) is 9.78 Å². The molecule has 0 bridgehead atoms. The summed E-state index contributed by atoms with van der Waals surface area (Å²) in [7, 11) is -3.13. The van der Waals surface area contributed by atoms with Crippen LogP contribution in [0.3, 0.4) is 0 Å². The van der Waals surface area contributed by atoms with Gasteiger partial charge in [0.1, 0.15) is 5.69 Å². The van der Waals surface area contributed by atoms with Crippen molar-refractivity contribution in [1.82, 2.24) is 9.55 Å². The fraction of sp³-hybridized carbons (Fsp3) is 0.286. The monoisotopic (exact) mass is 326 g/mol. The largest absolute Gasteiger partial charge is 0.461 e. The van der Waals surface area contributed by atoms with E-state index in [0.29, 0.717) is 12.3 Å². The van der Waals surface area contributed by atoms with E-state index in [-0.39, 0.29) is 12.0 Å². The van der Waals surface area contributed by atoms with Crippen LogP contribution in [0.25, 0.3) is 0 Å². The second-order valence-corrected chi connectivity index (χ2v) is 4.84. The highest BCUT2D eigenvalue weighted by Crippen LogP contribution is 2.19. The van der Waals surface area contributed by atoms with Crippen LogP contribution in [0.5, 0.6) is 0 Å². The van der Waals surface area contributed by atoms with E-state index >= 15 is 0 Å². The van der Waals surface area contributed by atoms with Gasteiger partial charge < -0.3 is 19.1 Å². The highest BCUT2D eigenvalue weighted by molar-refractivity contribution is 7.30. The van der Waals surface area contributed by atoms with Crippen LogP contribution in [0.15, 0.2) is 42.9 Å². The number of hydrogen-bond donors (Lipinski definition) is 2. The standard InChI is InChI=1S/C14H16N2O2.H3O3P/c1-3-18-14(17)13-9-15-10-16(13)11(2)12-7-5-4-6-8-12;1-4(2)3/h4-11H,3H2,1-2H3;4H,(H2,1,2,3). The quantitative estimate of drug-likeness (QED) is 0.658. The van der Waals surface area contributed by atoms with E-state index in [9.17, 15) is 4.79 Å². The number of carbonyl (C=O) groups is 1. The Morgan fingerprint density at radius 3 is 2.50 bits per heavy atom. The lowest BCUT2D eigenvalue weighted by atomic mass is 10.1. The van der Waals surface area contributed by atoms with Crippen molar-refractivity contribution < 1.29 is 23.9 Å². The van der Waals surface area contributed by atoms with Gasteiger partial charge in [-0.1, -0.05) is 30.3 Å². The third-order valence-electron chi connectivity index (χ3n) is 2.85. The lowest BCUT2D eigenvalue weighted by Crippen LogP contribution is -2.15. The smallest absolute Gasteiger partial charge is 0.356 e. The van der Waals surface area contributed by atoms with E-state index in [0.717, 1.165) is 5.56 Å². The molecule has 0 spiro atoms. The number of imidazole rings is 1. The van der Waals surface area contributed by atoms with Gasteiger partial charge in [-0.2, -0.15) is 0 Å². The van der Waals surface area contributed by atoms with Crippen molar-refractivity contribution in [1.29, 1.82) is 0 Å². The zero-order valence-electron chi connectivity index (χ0n) is 12.3. The molecule has 0 aliphatic heterocycles. The molecule has 120 valence electrons. The number of rotatable bonds is 4. The highest BCUT2D eigenvalue weighted by atomic mass is 31.1. The van der Waals surface area contributed by atoms with Crippen molar-refractivity contribution in [3.63, 3.8) is 0 Å². The van der Waals surface area contributed by atoms with Crippen LogP contribution in [0, 0.1) is 0 Å². The number of nitrogens with zero attached hydrogens (tertiary/aromatic N) is 2. The first-order chi connectivity index (χ1) is 10.5. The predicted molar refractivity (Wildman–Crippen MR) is 81.9 cm³/mol. The van der Waals surface area contributed by atoms with E-state index < -0.39 is 8.25 Å². The minimum Gasteiger partial charge on any atom is -0.461 e. The first-order valence-corrected chi connectivity index (χ1v) is 7.93. The predicted octanol–water partition coefficient (Wildman–Crippen LogP) is 2.03. The molecule has 22 heavy (non-hydrogen) atoms. The molecule has 2 N–H and O–H groups in total. The molecule has 0 aliphatic rings. The molecule has 2 aromatic rings. The molecule has 7 nitrogen and oxygen atoms in total. The van der Waals surface area contributed by atoms with Gasteiger partial charge in [0, 0.05) is 0 Å². The summed E-state index contributed by atoms with van der Waals surface area (Å²) in [6.07, 6.45) is 3.20. The van der Waals surface area contributed by atoms with E-state index in [1.165, 1.54) is 6.20 Å². The number of benzene rings is 1. The summed E-state index contributed by atoms with van der Waals surface area (Å²) in [5.41, 5.74) is 1.61. The molecule has 0 amide bonds. The highest BCUT2D eigenvalue weighted by Gasteiger charge is 2.17. The first-order valence-electron chi connectivity index (χ1n) is 6.63. The second kappa shape index (κ2) is 9.15. The Kier molecular flexibility index (Phi) is 7.52. The summed E-state index contributed by atoms with van der Waals surface area (Å²) in [5.74, 6) is -0.335. The van der Waals surface area contributed by atoms with Gasteiger partial charge in [-0.15, -0.1) is 0 Å². The van der Waals surface area contributed by atoms with Gasteiger partial charge in [0.25, 0.3) is 0 Å². The Balaban J connectivity index is 0.000000541. The maximum atomic E-state index is 11.8. The van der Waals surface area contributed by atoms with Crippen molar-refractivity contribution in [3.8, 4) is 0 Å². The van der Waals surface area contributed by atoms with E-state index in [1.807, 2.05) is 41.8 Å². The number of aromatic nitrogens is 2. The lowest BCUT2D eigenvalue weighted by molar-refractivity contribution is 0.0512. The minimum atomic E-state index is -3.13. The molecule has 1 unspecified atom stereocenters. The number of ether oxygens (including phenoxy) is 1. The van der Waals surface area contributed by atoms with Crippen molar-refractivity contribution in [2.24, 2.45) is 0 Å². The summed E-state index contributed by atoms with van der Waals surface area (Å²) < 4.78 is 15.6. The van der Waals surface area contributed by atoms with Crippen LogP contribution < -0.4 is 0 Å². The van der Waals surface area contributed by atoms with Crippen LogP contribution >= 0.6 is 8.25 Å². The van der Waals surface area contributed by atoms with Crippen molar-refractivity contribution in [2.75, 3.05) is 6.61 Å². The number of esters is 1. The summed E-state index contributed by atoms with van der Waals surface area (Å²) in [6.45, 7) is 4.18. The van der Waals surface area contributed by atoms with Gasteiger partial charge in [0.2, 0.25) is 0 Å². The fourth-order valence-electron chi connectivity index (χ4n) is 1.87. The summed E-state index contributed by atoms with van der Waals surface area (Å²) in [5, 5.41) is 0. The van der Waals surface area contributed by atoms with E-state index in [2.05, 4.69) is 4.98 Å². The summed E-state index contributed by atoms with van der Waals surface area (Å²) >= 11 is 0. The molecular weight excluding hydrogens is 307 g/mol. The SMILES string of the molecule is CCOC(=O)c1cncn1C(C)c1ccccc1.O=[PH](O)O. The molecule has 0 fully saturated rings. The van der Waals surface area contributed by atoms with Gasteiger partial charge in [-0.3, -0.25) is 4.57 Å². The third-order valence-corrected chi connectivity index (χ3v) is 2.85.